The highest BCUT2D eigenvalue weighted by Crippen LogP contribution is 2.30. The van der Waals surface area contributed by atoms with E-state index in [2.05, 4.69) is 4.99 Å². The topological polar surface area (TPSA) is 54.3 Å². The molecule has 0 spiro atoms. The smallest absolute Gasteiger partial charge is 0.288 e. The first-order chi connectivity index (χ1) is 7.49. The summed E-state index contributed by atoms with van der Waals surface area (Å²) >= 11 is 0. The van der Waals surface area contributed by atoms with Crippen LogP contribution in [0.1, 0.15) is 27.2 Å². The van der Waals surface area contributed by atoms with Gasteiger partial charge in [-0.25, -0.2) is 4.99 Å². The number of fused-ring (bicyclic) bond motifs is 1. The van der Waals surface area contributed by atoms with Gasteiger partial charge >= 0.3 is 0 Å². The number of aliphatic hydroxyl groups is 1. The highest BCUT2D eigenvalue weighted by Gasteiger charge is 2.47. The fourth-order valence-electron chi connectivity index (χ4n) is 2.24. The van der Waals surface area contributed by atoms with Crippen molar-refractivity contribution >= 4 is 6.02 Å². The first-order valence-corrected chi connectivity index (χ1v) is 5.80. The monoisotopic (exact) mass is 228 g/mol. The molecule has 2 fully saturated rings. The Hall–Kier alpha value is -0.810. The van der Waals surface area contributed by atoms with Crippen molar-refractivity contribution in [3.8, 4) is 0 Å². The van der Waals surface area contributed by atoms with Crippen molar-refractivity contribution in [3.05, 3.63) is 0 Å². The summed E-state index contributed by atoms with van der Waals surface area (Å²) in [6.45, 7) is 5.97. The summed E-state index contributed by atoms with van der Waals surface area (Å²) in [5, 5.41) is 9.79. The molecule has 0 aliphatic carbocycles. The highest BCUT2D eigenvalue weighted by molar-refractivity contribution is 5.76. The number of likely N-dealkylation sites (N-methyl/N-ethyl adjacent to an activating group) is 1. The van der Waals surface area contributed by atoms with E-state index in [1.807, 2.05) is 32.7 Å². The Balaban J connectivity index is 2.16. The van der Waals surface area contributed by atoms with Crippen LogP contribution < -0.4 is 0 Å². The van der Waals surface area contributed by atoms with Crippen LogP contribution in [0.2, 0.25) is 0 Å². The van der Waals surface area contributed by atoms with E-state index < -0.39 is 6.29 Å². The fourth-order valence-corrected chi connectivity index (χ4v) is 2.24. The van der Waals surface area contributed by atoms with E-state index in [9.17, 15) is 5.11 Å². The zero-order valence-electron chi connectivity index (χ0n) is 10.3. The van der Waals surface area contributed by atoms with E-state index in [0.717, 1.165) is 6.42 Å². The first kappa shape index (κ1) is 11.7. The summed E-state index contributed by atoms with van der Waals surface area (Å²) < 4.78 is 11.0. The predicted molar refractivity (Wildman–Crippen MR) is 60.2 cm³/mol. The number of nitrogens with zero attached hydrogens (tertiary/aromatic N) is 2. The third-order valence-electron chi connectivity index (χ3n) is 3.01. The van der Waals surface area contributed by atoms with Crippen LogP contribution in [0, 0.1) is 0 Å². The minimum Gasteiger partial charge on any atom is -0.454 e. The van der Waals surface area contributed by atoms with Crippen molar-refractivity contribution in [3.63, 3.8) is 0 Å². The van der Waals surface area contributed by atoms with Gasteiger partial charge < -0.3 is 19.5 Å². The van der Waals surface area contributed by atoms with E-state index in [0.29, 0.717) is 6.02 Å². The van der Waals surface area contributed by atoms with Gasteiger partial charge in [-0.1, -0.05) is 0 Å². The standard InChI is InChI=1S/C11H20N2O3/c1-6(2)12-11-13(4)8-5-7(3)15-10(14)9(8)16-11/h6-10,14H,5H2,1-4H3. The molecule has 2 rings (SSSR count). The SMILES string of the molecule is CC(C)N=C1OC2C(O)OC(C)CC2N1C. The number of rotatable bonds is 1. The van der Waals surface area contributed by atoms with Gasteiger partial charge in [-0.3, -0.25) is 0 Å². The van der Waals surface area contributed by atoms with Crippen molar-refractivity contribution in [2.24, 2.45) is 4.99 Å². The second-order valence-corrected chi connectivity index (χ2v) is 4.84. The molecule has 4 unspecified atom stereocenters. The van der Waals surface area contributed by atoms with Crippen molar-refractivity contribution in [2.45, 2.75) is 57.8 Å². The van der Waals surface area contributed by atoms with Crippen LogP contribution in [-0.2, 0) is 9.47 Å². The molecule has 92 valence electrons. The Kier molecular flexibility index (Phi) is 3.08. The third kappa shape index (κ3) is 2.01. The molecular formula is C11H20N2O3. The number of aliphatic hydroxyl groups excluding tert-OH is 1. The predicted octanol–water partition coefficient (Wildman–Crippen LogP) is 0.577. The van der Waals surface area contributed by atoms with E-state index in [-0.39, 0.29) is 24.3 Å². The Morgan fingerprint density at radius 1 is 1.50 bits per heavy atom. The number of hydrogen-bond donors (Lipinski definition) is 1. The molecule has 0 aromatic rings. The summed E-state index contributed by atoms with van der Waals surface area (Å²) in [5.74, 6) is 0. The lowest BCUT2D eigenvalue weighted by molar-refractivity contribution is -0.209. The molecular weight excluding hydrogens is 208 g/mol. The van der Waals surface area contributed by atoms with Crippen LogP contribution in [0.25, 0.3) is 0 Å². The Morgan fingerprint density at radius 2 is 2.19 bits per heavy atom. The number of amidine groups is 1. The second kappa shape index (κ2) is 4.22. The first-order valence-electron chi connectivity index (χ1n) is 5.80. The van der Waals surface area contributed by atoms with Gasteiger partial charge in [0.15, 0.2) is 12.4 Å². The molecule has 0 amide bonds. The normalized spacial score (nSPS) is 41.4. The van der Waals surface area contributed by atoms with E-state index in [1.54, 1.807) is 0 Å². The quantitative estimate of drug-likeness (QED) is 0.713. The maximum Gasteiger partial charge on any atom is 0.288 e. The Bertz CT molecular complexity index is 293. The molecule has 0 saturated carbocycles. The van der Waals surface area contributed by atoms with Crippen molar-refractivity contribution in [1.82, 2.24) is 4.90 Å². The Labute approximate surface area is 96.1 Å². The average molecular weight is 228 g/mol. The molecule has 0 radical (unpaired) electrons. The maximum absolute atomic E-state index is 9.79. The third-order valence-corrected chi connectivity index (χ3v) is 3.01. The van der Waals surface area contributed by atoms with Crippen LogP contribution in [0.15, 0.2) is 4.99 Å². The largest absolute Gasteiger partial charge is 0.454 e. The lowest BCUT2D eigenvalue weighted by Gasteiger charge is -2.34. The van der Waals surface area contributed by atoms with Crippen LogP contribution in [-0.4, -0.2) is 53.7 Å². The van der Waals surface area contributed by atoms with Crippen LogP contribution >= 0.6 is 0 Å². The van der Waals surface area contributed by atoms with Gasteiger partial charge in [0.1, 0.15) is 0 Å². The number of hydrogen-bond acceptors (Lipinski definition) is 4. The van der Waals surface area contributed by atoms with Crippen molar-refractivity contribution in [2.75, 3.05) is 7.05 Å². The highest BCUT2D eigenvalue weighted by atomic mass is 16.6. The molecule has 2 saturated heterocycles. The molecule has 0 aromatic carbocycles. The molecule has 5 nitrogen and oxygen atoms in total. The summed E-state index contributed by atoms with van der Waals surface area (Å²) in [6, 6.07) is 0.964. The second-order valence-electron chi connectivity index (χ2n) is 4.84. The van der Waals surface area contributed by atoms with Crippen LogP contribution in [0.5, 0.6) is 0 Å². The fraction of sp³-hybridized carbons (Fsp3) is 0.909. The zero-order valence-corrected chi connectivity index (χ0v) is 10.3. The van der Waals surface area contributed by atoms with E-state index in [1.165, 1.54) is 0 Å². The van der Waals surface area contributed by atoms with Gasteiger partial charge in [0.05, 0.1) is 12.1 Å². The van der Waals surface area contributed by atoms with Gasteiger partial charge in [0.2, 0.25) is 0 Å². The average Bonchev–Trinajstić information content (AvgIpc) is 2.45. The molecule has 2 aliphatic heterocycles. The molecule has 0 bridgehead atoms. The summed E-state index contributed by atoms with van der Waals surface area (Å²) in [6.07, 6.45) is -0.245. The van der Waals surface area contributed by atoms with Gasteiger partial charge in [-0.05, 0) is 27.2 Å². The number of aliphatic imine (C=N–C) groups is 1. The summed E-state index contributed by atoms with van der Waals surface area (Å²) in [4.78, 5) is 6.40. The van der Waals surface area contributed by atoms with Crippen molar-refractivity contribution < 1.29 is 14.6 Å². The van der Waals surface area contributed by atoms with E-state index in [4.69, 9.17) is 9.47 Å². The lowest BCUT2D eigenvalue weighted by Crippen LogP contribution is -2.49. The molecule has 4 atom stereocenters. The van der Waals surface area contributed by atoms with Crippen LogP contribution in [0.4, 0.5) is 0 Å². The van der Waals surface area contributed by atoms with E-state index >= 15 is 0 Å². The van der Waals surface area contributed by atoms with Crippen LogP contribution in [0.3, 0.4) is 0 Å². The van der Waals surface area contributed by atoms with Gasteiger partial charge in [0, 0.05) is 13.1 Å². The van der Waals surface area contributed by atoms with Gasteiger partial charge in [0.25, 0.3) is 6.02 Å². The summed E-state index contributed by atoms with van der Waals surface area (Å²) in [7, 11) is 1.96. The summed E-state index contributed by atoms with van der Waals surface area (Å²) in [5.41, 5.74) is 0. The number of ether oxygens (including phenoxy) is 2. The molecule has 5 heteroatoms. The Morgan fingerprint density at radius 3 is 2.81 bits per heavy atom. The minimum absolute atomic E-state index is 0.0562. The zero-order chi connectivity index (χ0) is 11.9. The molecule has 2 heterocycles. The minimum atomic E-state index is -0.851. The van der Waals surface area contributed by atoms with Gasteiger partial charge in [-0.2, -0.15) is 0 Å². The maximum atomic E-state index is 9.79. The van der Waals surface area contributed by atoms with Crippen molar-refractivity contribution in [1.29, 1.82) is 0 Å². The molecule has 2 aliphatic rings. The molecule has 1 N–H and O–H groups in total. The molecule has 0 aromatic heterocycles. The molecule has 16 heavy (non-hydrogen) atoms. The van der Waals surface area contributed by atoms with Gasteiger partial charge in [-0.15, -0.1) is 0 Å². The lowest BCUT2D eigenvalue weighted by atomic mass is 10.0.